The van der Waals surface area contributed by atoms with Crippen LogP contribution < -0.4 is 5.73 Å². The number of anilines is 1. The van der Waals surface area contributed by atoms with Crippen molar-refractivity contribution in [3.05, 3.63) is 28.2 Å². The number of carbonyl (C=O) groups excluding carboxylic acids is 1. The largest absolute Gasteiger partial charge is 0.398 e. The topological polar surface area (TPSA) is 46.3 Å². The number of carbonyl (C=O) groups is 1. The van der Waals surface area contributed by atoms with Crippen LogP contribution in [0.15, 0.2) is 22.7 Å². The van der Waals surface area contributed by atoms with Gasteiger partial charge in [0.15, 0.2) is 0 Å². The summed E-state index contributed by atoms with van der Waals surface area (Å²) in [6.45, 7) is 5.92. The Kier molecular flexibility index (Phi) is 4.22. The fraction of sp³-hybridized carbons (Fsp3) is 0.462. The molecular formula is C13H17BrN2OS. The third kappa shape index (κ3) is 2.83. The van der Waals surface area contributed by atoms with Gasteiger partial charge < -0.3 is 10.6 Å². The van der Waals surface area contributed by atoms with Gasteiger partial charge in [0.2, 0.25) is 0 Å². The first-order valence-electron chi connectivity index (χ1n) is 5.97. The fourth-order valence-corrected chi connectivity index (χ4v) is 3.99. The van der Waals surface area contributed by atoms with Crippen LogP contribution in [0, 0.1) is 0 Å². The molecule has 18 heavy (non-hydrogen) atoms. The minimum Gasteiger partial charge on any atom is -0.398 e. The predicted molar refractivity (Wildman–Crippen MR) is 81.0 cm³/mol. The molecular weight excluding hydrogens is 312 g/mol. The number of nitrogen functional groups attached to an aromatic ring is 1. The fourth-order valence-electron chi connectivity index (χ4n) is 2.23. The number of halogens is 1. The lowest BCUT2D eigenvalue weighted by atomic mass is 10.1. The zero-order valence-corrected chi connectivity index (χ0v) is 12.9. The van der Waals surface area contributed by atoms with Crippen molar-refractivity contribution in [1.82, 2.24) is 4.90 Å². The van der Waals surface area contributed by atoms with E-state index in [4.69, 9.17) is 5.73 Å². The molecule has 98 valence electrons. The molecule has 0 radical (unpaired) electrons. The first kappa shape index (κ1) is 13.7. The second kappa shape index (κ2) is 5.53. The molecule has 0 aliphatic carbocycles. The highest BCUT2D eigenvalue weighted by Crippen LogP contribution is 2.29. The highest BCUT2D eigenvalue weighted by atomic mass is 79.9. The van der Waals surface area contributed by atoms with Crippen LogP contribution in [0.3, 0.4) is 0 Å². The number of amides is 1. The van der Waals surface area contributed by atoms with Crippen LogP contribution in [0.4, 0.5) is 5.69 Å². The number of nitrogens with two attached hydrogens (primary N) is 1. The Morgan fingerprint density at radius 2 is 2.00 bits per heavy atom. The monoisotopic (exact) mass is 328 g/mol. The van der Waals surface area contributed by atoms with Gasteiger partial charge in [-0.25, -0.2) is 0 Å². The molecule has 2 atom stereocenters. The summed E-state index contributed by atoms with van der Waals surface area (Å²) in [4.78, 5) is 14.4. The summed E-state index contributed by atoms with van der Waals surface area (Å²) in [6, 6.07) is 5.43. The number of benzene rings is 1. The average molecular weight is 329 g/mol. The second-order valence-electron chi connectivity index (χ2n) is 4.68. The van der Waals surface area contributed by atoms with Gasteiger partial charge in [0.25, 0.3) is 5.91 Å². The van der Waals surface area contributed by atoms with Gasteiger partial charge in [0, 0.05) is 29.3 Å². The van der Waals surface area contributed by atoms with Gasteiger partial charge >= 0.3 is 0 Å². The lowest BCUT2D eigenvalue weighted by molar-refractivity contribution is 0.0752. The van der Waals surface area contributed by atoms with Gasteiger partial charge in [-0.05, 0) is 28.1 Å². The molecule has 5 heteroatoms. The smallest absolute Gasteiger partial charge is 0.255 e. The Bertz CT molecular complexity index is 456. The Labute approximate surface area is 120 Å². The summed E-state index contributed by atoms with van der Waals surface area (Å²) < 4.78 is 0.702. The molecule has 0 saturated carbocycles. The number of hydrogen-bond donors (Lipinski definition) is 1. The van der Waals surface area contributed by atoms with Crippen molar-refractivity contribution in [2.24, 2.45) is 0 Å². The third-order valence-corrected chi connectivity index (χ3v) is 5.08. The van der Waals surface area contributed by atoms with Crippen molar-refractivity contribution in [2.45, 2.75) is 24.3 Å². The van der Waals surface area contributed by atoms with Gasteiger partial charge in [-0.3, -0.25) is 4.79 Å². The van der Waals surface area contributed by atoms with Crippen LogP contribution in [-0.4, -0.2) is 34.4 Å². The zero-order chi connectivity index (χ0) is 13.3. The molecule has 1 aromatic carbocycles. The number of nitrogens with zero attached hydrogens (tertiary/aromatic N) is 1. The van der Waals surface area contributed by atoms with E-state index in [0.29, 0.717) is 26.2 Å². The standard InChI is InChI=1S/C13H17BrN2OS/c1-8-6-16(7-9(2)18-8)13(17)10-4-3-5-11(15)12(10)14/h3-5,8-9H,6-7,15H2,1-2H3. The van der Waals surface area contributed by atoms with E-state index in [1.807, 2.05) is 28.8 Å². The highest BCUT2D eigenvalue weighted by molar-refractivity contribution is 9.10. The van der Waals surface area contributed by atoms with Crippen molar-refractivity contribution in [2.75, 3.05) is 18.8 Å². The van der Waals surface area contributed by atoms with Gasteiger partial charge in [0.05, 0.1) is 10.0 Å². The minimum atomic E-state index is 0.0631. The van der Waals surface area contributed by atoms with Crippen molar-refractivity contribution >= 4 is 39.3 Å². The molecule has 2 unspecified atom stereocenters. The maximum absolute atomic E-state index is 12.5. The Morgan fingerprint density at radius 3 is 2.61 bits per heavy atom. The normalized spacial score (nSPS) is 24.1. The van der Waals surface area contributed by atoms with Crippen LogP contribution in [0.5, 0.6) is 0 Å². The molecule has 1 aliphatic heterocycles. The van der Waals surface area contributed by atoms with Crippen LogP contribution in [0.2, 0.25) is 0 Å². The van der Waals surface area contributed by atoms with Crippen LogP contribution in [-0.2, 0) is 0 Å². The van der Waals surface area contributed by atoms with E-state index in [0.717, 1.165) is 13.1 Å². The number of hydrogen-bond acceptors (Lipinski definition) is 3. The van der Waals surface area contributed by atoms with Crippen molar-refractivity contribution in [1.29, 1.82) is 0 Å². The summed E-state index contributed by atoms with van der Waals surface area (Å²) in [5, 5.41) is 0.968. The Hall–Kier alpha value is -0.680. The Balaban J connectivity index is 2.23. The average Bonchev–Trinajstić information content (AvgIpc) is 2.30. The van der Waals surface area contributed by atoms with Crippen LogP contribution in [0.1, 0.15) is 24.2 Å². The molecule has 1 heterocycles. The van der Waals surface area contributed by atoms with E-state index in [-0.39, 0.29) is 5.91 Å². The molecule has 2 N–H and O–H groups in total. The molecule has 3 nitrogen and oxygen atoms in total. The third-order valence-electron chi connectivity index (χ3n) is 2.97. The SMILES string of the molecule is CC1CN(C(=O)c2cccc(N)c2Br)CC(C)S1. The molecule has 1 saturated heterocycles. The van der Waals surface area contributed by atoms with E-state index in [1.165, 1.54) is 0 Å². The summed E-state index contributed by atoms with van der Waals surface area (Å²) in [7, 11) is 0. The van der Waals surface area contributed by atoms with Gasteiger partial charge in [-0.15, -0.1) is 0 Å². The molecule has 1 aromatic rings. The summed E-state index contributed by atoms with van der Waals surface area (Å²) in [5.41, 5.74) is 7.08. The van der Waals surface area contributed by atoms with E-state index in [1.54, 1.807) is 6.07 Å². The molecule has 1 aliphatic rings. The zero-order valence-electron chi connectivity index (χ0n) is 10.5. The lowest BCUT2D eigenvalue weighted by Gasteiger charge is -2.34. The van der Waals surface area contributed by atoms with E-state index in [9.17, 15) is 4.79 Å². The maximum atomic E-state index is 12.5. The molecule has 0 aromatic heterocycles. The van der Waals surface area contributed by atoms with Crippen LogP contribution in [0.25, 0.3) is 0 Å². The van der Waals surface area contributed by atoms with Crippen molar-refractivity contribution in [3.63, 3.8) is 0 Å². The predicted octanol–water partition coefficient (Wildman–Crippen LogP) is 3.00. The minimum absolute atomic E-state index is 0.0631. The molecule has 2 rings (SSSR count). The molecule has 0 bridgehead atoms. The lowest BCUT2D eigenvalue weighted by Crippen LogP contribution is -2.44. The number of thioether (sulfide) groups is 1. The van der Waals surface area contributed by atoms with E-state index < -0.39 is 0 Å². The first-order valence-corrected chi connectivity index (χ1v) is 7.71. The van der Waals surface area contributed by atoms with Crippen molar-refractivity contribution in [3.8, 4) is 0 Å². The van der Waals surface area contributed by atoms with Gasteiger partial charge in [-0.2, -0.15) is 11.8 Å². The molecule has 0 spiro atoms. The van der Waals surface area contributed by atoms with Gasteiger partial charge in [-0.1, -0.05) is 19.9 Å². The maximum Gasteiger partial charge on any atom is 0.255 e. The highest BCUT2D eigenvalue weighted by Gasteiger charge is 2.27. The van der Waals surface area contributed by atoms with Crippen molar-refractivity contribution < 1.29 is 4.79 Å². The van der Waals surface area contributed by atoms with Gasteiger partial charge in [0.1, 0.15) is 0 Å². The Morgan fingerprint density at radius 1 is 1.39 bits per heavy atom. The molecule has 1 amide bonds. The number of rotatable bonds is 1. The van der Waals surface area contributed by atoms with Crippen LogP contribution >= 0.6 is 27.7 Å². The quantitative estimate of drug-likeness (QED) is 0.806. The molecule has 1 fully saturated rings. The van der Waals surface area contributed by atoms with E-state index >= 15 is 0 Å². The summed E-state index contributed by atoms with van der Waals surface area (Å²) >= 11 is 5.33. The second-order valence-corrected chi connectivity index (χ2v) is 7.35. The summed E-state index contributed by atoms with van der Waals surface area (Å²) in [5.74, 6) is 0.0631. The summed E-state index contributed by atoms with van der Waals surface area (Å²) in [6.07, 6.45) is 0. The first-order chi connectivity index (χ1) is 8.49. The van der Waals surface area contributed by atoms with E-state index in [2.05, 4.69) is 29.8 Å².